The molecule has 0 aromatic heterocycles. The number of halogens is 2. The Morgan fingerprint density at radius 3 is 2.53 bits per heavy atom. The van der Waals surface area contributed by atoms with Gasteiger partial charge in [-0.2, -0.15) is 0 Å². The molecule has 1 rings (SSSR count). The molecule has 0 saturated carbocycles. The van der Waals surface area contributed by atoms with Gasteiger partial charge in [-0.3, -0.25) is 10.1 Å². The highest BCUT2D eigenvalue weighted by Crippen LogP contribution is 2.30. The van der Waals surface area contributed by atoms with Gasteiger partial charge in [0.1, 0.15) is 11.5 Å². The lowest BCUT2D eigenvalue weighted by Gasteiger charge is -2.27. The number of nitrogens with zero attached hydrogens (tertiary/aromatic N) is 1. The molecule has 1 unspecified atom stereocenters. The van der Waals surface area contributed by atoms with Gasteiger partial charge in [0, 0.05) is 18.7 Å². The molecule has 0 radical (unpaired) electrons. The van der Waals surface area contributed by atoms with Crippen molar-refractivity contribution in [1.82, 2.24) is 0 Å². The van der Waals surface area contributed by atoms with E-state index in [4.69, 9.17) is 0 Å². The number of hydrogen-bond acceptors (Lipinski definition) is 3. The SMILES string of the molecule is CC(CNc1cc(F)c(I)cc1[N+](=O)[O-])C(C)(C)C. The Hall–Kier alpha value is -0.920. The van der Waals surface area contributed by atoms with Crippen LogP contribution < -0.4 is 5.32 Å². The lowest BCUT2D eigenvalue weighted by atomic mass is 9.82. The number of nitro groups is 1. The van der Waals surface area contributed by atoms with Crippen LogP contribution in [0, 0.1) is 30.8 Å². The first-order valence-corrected chi connectivity index (χ1v) is 7.08. The molecule has 0 aliphatic carbocycles. The van der Waals surface area contributed by atoms with Crippen LogP contribution in [0.15, 0.2) is 12.1 Å². The molecule has 0 aliphatic rings. The van der Waals surface area contributed by atoms with Crippen molar-refractivity contribution in [3.63, 3.8) is 0 Å². The summed E-state index contributed by atoms with van der Waals surface area (Å²) >= 11 is 1.75. The van der Waals surface area contributed by atoms with E-state index in [0.29, 0.717) is 12.5 Å². The highest BCUT2D eigenvalue weighted by atomic mass is 127. The Morgan fingerprint density at radius 2 is 2.05 bits per heavy atom. The standard InChI is InChI=1S/C13H18FIN2O2/c1-8(13(2,3)4)7-16-11-5-9(14)10(15)6-12(11)17(18)19/h5-6,8,16H,7H2,1-4H3. The van der Waals surface area contributed by atoms with Crippen molar-refractivity contribution < 1.29 is 9.31 Å². The van der Waals surface area contributed by atoms with Crippen LogP contribution in [0.4, 0.5) is 15.8 Å². The first-order chi connectivity index (χ1) is 8.62. The molecule has 0 spiro atoms. The lowest BCUT2D eigenvalue weighted by Crippen LogP contribution is -2.25. The molecule has 19 heavy (non-hydrogen) atoms. The second kappa shape index (κ2) is 6.02. The first kappa shape index (κ1) is 16.1. The normalized spacial score (nSPS) is 13.2. The van der Waals surface area contributed by atoms with Crippen LogP contribution in [0.25, 0.3) is 0 Å². The number of hydrogen-bond donors (Lipinski definition) is 1. The molecule has 1 atom stereocenters. The van der Waals surface area contributed by atoms with Gasteiger partial charge in [-0.25, -0.2) is 4.39 Å². The molecule has 0 saturated heterocycles. The monoisotopic (exact) mass is 380 g/mol. The van der Waals surface area contributed by atoms with Crippen molar-refractivity contribution in [1.29, 1.82) is 0 Å². The number of rotatable bonds is 4. The molecule has 1 N–H and O–H groups in total. The zero-order valence-corrected chi connectivity index (χ0v) is 13.6. The van der Waals surface area contributed by atoms with Crippen molar-refractivity contribution in [2.45, 2.75) is 27.7 Å². The number of nitrogens with one attached hydrogen (secondary N) is 1. The Bertz CT molecular complexity index is 486. The van der Waals surface area contributed by atoms with Crippen LogP contribution >= 0.6 is 22.6 Å². The Labute approximate surface area is 126 Å². The molecule has 106 valence electrons. The zero-order chi connectivity index (χ0) is 14.8. The van der Waals surface area contributed by atoms with Crippen molar-refractivity contribution >= 4 is 34.0 Å². The fourth-order valence-corrected chi connectivity index (χ4v) is 1.85. The second-order valence-electron chi connectivity index (χ2n) is 5.69. The number of benzene rings is 1. The molecular formula is C13H18FIN2O2. The van der Waals surface area contributed by atoms with E-state index >= 15 is 0 Å². The van der Waals surface area contributed by atoms with Crippen LogP contribution in [-0.4, -0.2) is 11.5 Å². The summed E-state index contributed by atoms with van der Waals surface area (Å²) in [4.78, 5) is 10.5. The molecular weight excluding hydrogens is 362 g/mol. The minimum absolute atomic E-state index is 0.0868. The maximum atomic E-state index is 13.5. The minimum Gasteiger partial charge on any atom is -0.379 e. The number of anilines is 1. The van der Waals surface area contributed by atoms with E-state index < -0.39 is 10.7 Å². The molecule has 0 bridgehead atoms. The third-order valence-corrected chi connectivity index (χ3v) is 4.14. The highest BCUT2D eigenvalue weighted by Gasteiger charge is 2.22. The average molecular weight is 380 g/mol. The summed E-state index contributed by atoms with van der Waals surface area (Å²) in [5, 5.41) is 14.0. The second-order valence-corrected chi connectivity index (χ2v) is 6.85. The van der Waals surface area contributed by atoms with Gasteiger partial charge >= 0.3 is 0 Å². The predicted molar refractivity (Wildman–Crippen MR) is 82.9 cm³/mol. The third kappa shape index (κ3) is 4.29. The van der Waals surface area contributed by atoms with Crippen molar-refractivity contribution in [2.24, 2.45) is 11.3 Å². The first-order valence-electron chi connectivity index (χ1n) is 6.00. The summed E-state index contributed by atoms with van der Waals surface area (Å²) in [6.07, 6.45) is 0. The van der Waals surface area contributed by atoms with Gasteiger partial charge in [0.15, 0.2) is 0 Å². The zero-order valence-electron chi connectivity index (χ0n) is 11.5. The smallest absolute Gasteiger partial charge is 0.293 e. The van der Waals surface area contributed by atoms with E-state index in [0.717, 1.165) is 0 Å². The van der Waals surface area contributed by atoms with E-state index in [9.17, 15) is 14.5 Å². The summed E-state index contributed by atoms with van der Waals surface area (Å²) in [5.41, 5.74) is 0.231. The molecule has 4 nitrogen and oxygen atoms in total. The van der Waals surface area contributed by atoms with Gasteiger partial charge in [0.05, 0.1) is 8.49 Å². The fourth-order valence-electron chi connectivity index (χ4n) is 1.40. The van der Waals surface area contributed by atoms with Crippen molar-refractivity contribution in [3.8, 4) is 0 Å². The van der Waals surface area contributed by atoms with Gasteiger partial charge in [-0.05, 0) is 33.9 Å². The molecule has 6 heteroatoms. The van der Waals surface area contributed by atoms with Gasteiger partial charge in [0.25, 0.3) is 5.69 Å². The van der Waals surface area contributed by atoms with Crippen LogP contribution in [0.1, 0.15) is 27.7 Å². The quantitative estimate of drug-likeness (QED) is 0.478. The van der Waals surface area contributed by atoms with Crippen molar-refractivity contribution in [2.75, 3.05) is 11.9 Å². The van der Waals surface area contributed by atoms with Crippen LogP contribution in [-0.2, 0) is 0 Å². The van der Waals surface area contributed by atoms with Crippen LogP contribution in [0.2, 0.25) is 0 Å². The van der Waals surface area contributed by atoms with Gasteiger partial charge < -0.3 is 5.32 Å². The molecule has 0 heterocycles. The van der Waals surface area contributed by atoms with E-state index in [1.807, 2.05) is 0 Å². The van der Waals surface area contributed by atoms with Gasteiger partial charge in [-0.1, -0.05) is 27.7 Å². The lowest BCUT2D eigenvalue weighted by molar-refractivity contribution is -0.384. The maximum absolute atomic E-state index is 13.5. The van der Waals surface area contributed by atoms with E-state index in [1.165, 1.54) is 12.1 Å². The molecule has 0 fully saturated rings. The molecule has 0 amide bonds. The fraction of sp³-hybridized carbons (Fsp3) is 0.538. The third-order valence-electron chi connectivity index (χ3n) is 3.31. The topological polar surface area (TPSA) is 55.2 Å². The van der Waals surface area contributed by atoms with E-state index in [2.05, 4.69) is 33.0 Å². The maximum Gasteiger partial charge on any atom is 0.293 e. The Kier molecular flexibility index (Phi) is 5.11. The summed E-state index contributed by atoms with van der Waals surface area (Å²) in [5.74, 6) is -0.147. The molecule has 0 aliphatic heterocycles. The van der Waals surface area contributed by atoms with Crippen molar-refractivity contribution in [3.05, 3.63) is 31.6 Å². The summed E-state index contributed by atoms with van der Waals surface area (Å²) in [6.45, 7) is 8.92. The predicted octanol–water partition coefficient (Wildman–Crippen LogP) is 4.43. The van der Waals surface area contributed by atoms with Gasteiger partial charge in [-0.15, -0.1) is 0 Å². The molecule has 1 aromatic carbocycles. The van der Waals surface area contributed by atoms with Crippen LogP contribution in [0.5, 0.6) is 0 Å². The van der Waals surface area contributed by atoms with Crippen LogP contribution in [0.3, 0.4) is 0 Å². The summed E-state index contributed by atoms with van der Waals surface area (Å²) in [7, 11) is 0. The van der Waals surface area contributed by atoms with Gasteiger partial charge in [0.2, 0.25) is 0 Å². The average Bonchev–Trinajstić information content (AvgIpc) is 2.28. The number of nitro benzene ring substituents is 1. The Morgan fingerprint density at radius 1 is 1.47 bits per heavy atom. The summed E-state index contributed by atoms with van der Waals surface area (Å²) in [6, 6.07) is 2.44. The van der Waals surface area contributed by atoms with E-state index in [1.54, 1.807) is 22.6 Å². The summed E-state index contributed by atoms with van der Waals surface area (Å²) < 4.78 is 13.8. The minimum atomic E-state index is -0.494. The van der Waals surface area contributed by atoms with E-state index in [-0.39, 0.29) is 20.4 Å². The largest absolute Gasteiger partial charge is 0.379 e. The highest BCUT2D eigenvalue weighted by molar-refractivity contribution is 14.1. The Balaban J connectivity index is 2.95. The molecule has 1 aromatic rings.